The first kappa shape index (κ1) is 17.9. The summed E-state index contributed by atoms with van der Waals surface area (Å²) in [6, 6.07) is 13.7. The van der Waals surface area contributed by atoms with Crippen LogP contribution in [0, 0.1) is 6.92 Å². The molecule has 1 aromatic carbocycles. The summed E-state index contributed by atoms with van der Waals surface area (Å²) in [5, 5.41) is 4.39. The van der Waals surface area contributed by atoms with Gasteiger partial charge in [0, 0.05) is 17.8 Å². The van der Waals surface area contributed by atoms with Crippen LogP contribution in [-0.4, -0.2) is 20.5 Å². The van der Waals surface area contributed by atoms with Gasteiger partial charge in [-0.2, -0.15) is 0 Å². The summed E-state index contributed by atoms with van der Waals surface area (Å²) in [6.45, 7) is 1.48. The molecule has 0 fully saturated rings. The van der Waals surface area contributed by atoms with Crippen molar-refractivity contribution in [1.29, 1.82) is 0 Å². The zero-order valence-electron chi connectivity index (χ0n) is 14.8. The number of benzene rings is 1. The Labute approximate surface area is 164 Å². The van der Waals surface area contributed by atoms with Gasteiger partial charge in [-0.25, -0.2) is 9.78 Å². The van der Waals surface area contributed by atoms with Gasteiger partial charge < -0.3 is 9.26 Å². The lowest BCUT2D eigenvalue weighted by Gasteiger charge is -2.07. The molecule has 0 aliphatic rings. The summed E-state index contributed by atoms with van der Waals surface area (Å²) < 4.78 is 11.9. The van der Waals surface area contributed by atoms with Crippen LogP contribution in [-0.2, 0) is 11.3 Å². The predicted molar refractivity (Wildman–Crippen MR) is 102 cm³/mol. The number of hydrogen-bond donors (Lipinski definition) is 0. The van der Waals surface area contributed by atoms with E-state index in [1.165, 1.54) is 16.7 Å². The van der Waals surface area contributed by atoms with E-state index in [-0.39, 0.29) is 17.7 Å². The number of halogens is 1. The molecule has 0 unspecified atom stereocenters. The molecule has 0 radical (unpaired) electrons. The first-order valence-electron chi connectivity index (χ1n) is 8.39. The second kappa shape index (κ2) is 7.28. The topological polar surface area (TPSA) is 86.7 Å². The number of aryl methyl sites for hydroxylation is 1. The smallest absolute Gasteiger partial charge is 0.344 e. The van der Waals surface area contributed by atoms with Crippen LogP contribution in [0.3, 0.4) is 0 Å². The largest absolute Gasteiger partial charge is 0.455 e. The second-order valence-electron chi connectivity index (χ2n) is 6.07. The SMILES string of the molecule is Cc1onc(-c2ccccc2)c1C(=O)OCc1cc(=O)n2cc(Cl)ccc2n1. The molecule has 3 heterocycles. The predicted octanol–water partition coefficient (Wildman–Crippen LogP) is 3.67. The van der Waals surface area contributed by atoms with E-state index in [4.69, 9.17) is 20.9 Å². The van der Waals surface area contributed by atoms with Crippen LogP contribution in [0.2, 0.25) is 5.02 Å². The molecular formula is C20H14ClN3O4. The molecule has 4 aromatic rings. The van der Waals surface area contributed by atoms with Crippen LogP contribution in [0.5, 0.6) is 0 Å². The molecule has 0 atom stereocenters. The maximum Gasteiger partial charge on any atom is 0.344 e. The summed E-state index contributed by atoms with van der Waals surface area (Å²) in [6.07, 6.45) is 1.48. The van der Waals surface area contributed by atoms with Crippen LogP contribution in [0.15, 0.2) is 64.0 Å². The summed E-state index contributed by atoms with van der Waals surface area (Å²) in [7, 11) is 0. The Morgan fingerprint density at radius 3 is 2.79 bits per heavy atom. The van der Waals surface area contributed by atoms with Gasteiger partial charge in [-0.1, -0.05) is 47.1 Å². The third kappa shape index (κ3) is 3.39. The number of nitrogens with zero attached hydrogens (tertiary/aromatic N) is 3. The number of carbonyl (C=O) groups is 1. The molecule has 0 spiro atoms. The first-order valence-corrected chi connectivity index (χ1v) is 8.77. The maximum absolute atomic E-state index is 12.6. The minimum Gasteiger partial charge on any atom is -0.455 e. The van der Waals surface area contributed by atoms with Crippen molar-refractivity contribution in [2.75, 3.05) is 0 Å². The van der Waals surface area contributed by atoms with Crippen molar-refractivity contribution in [3.63, 3.8) is 0 Å². The molecule has 3 aromatic heterocycles. The van der Waals surface area contributed by atoms with Gasteiger partial charge in [-0.15, -0.1) is 0 Å². The van der Waals surface area contributed by atoms with Gasteiger partial charge >= 0.3 is 5.97 Å². The highest BCUT2D eigenvalue weighted by atomic mass is 35.5. The Hall–Kier alpha value is -3.45. The van der Waals surface area contributed by atoms with Gasteiger partial charge in [0.25, 0.3) is 5.56 Å². The van der Waals surface area contributed by atoms with E-state index in [2.05, 4.69) is 10.1 Å². The number of esters is 1. The number of aromatic nitrogens is 3. The van der Waals surface area contributed by atoms with Crippen molar-refractivity contribution in [3.8, 4) is 11.3 Å². The molecule has 0 N–H and O–H groups in total. The molecule has 7 nitrogen and oxygen atoms in total. The van der Waals surface area contributed by atoms with Crippen LogP contribution >= 0.6 is 11.6 Å². The van der Waals surface area contributed by atoms with Crippen molar-refractivity contribution in [2.24, 2.45) is 0 Å². The molecule has 0 aliphatic heterocycles. The van der Waals surface area contributed by atoms with Crippen LogP contribution in [0.1, 0.15) is 21.8 Å². The fourth-order valence-corrected chi connectivity index (χ4v) is 2.98. The van der Waals surface area contributed by atoms with E-state index in [1.54, 1.807) is 19.1 Å². The number of fused-ring (bicyclic) bond motifs is 1. The molecule has 28 heavy (non-hydrogen) atoms. The molecular weight excluding hydrogens is 382 g/mol. The maximum atomic E-state index is 12.6. The molecule has 0 bridgehead atoms. The zero-order chi connectivity index (χ0) is 19.7. The Kier molecular flexibility index (Phi) is 4.67. The van der Waals surface area contributed by atoms with Crippen LogP contribution < -0.4 is 5.56 Å². The third-order valence-corrected chi connectivity index (χ3v) is 4.37. The van der Waals surface area contributed by atoms with Crippen LogP contribution in [0.4, 0.5) is 0 Å². The van der Waals surface area contributed by atoms with E-state index >= 15 is 0 Å². The molecule has 140 valence electrons. The summed E-state index contributed by atoms with van der Waals surface area (Å²) in [5.41, 5.74) is 1.82. The minimum atomic E-state index is -0.601. The number of ether oxygens (including phenoxy) is 1. The van der Waals surface area contributed by atoms with Gasteiger partial charge in [0.2, 0.25) is 0 Å². The molecule has 0 amide bonds. The third-order valence-electron chi connectivity index (χ3n) is 4.14. The van der Waals surface area contributed by atoms with Crippen LogP contribution in [0.25, 0.3) is 16.9 Å². The number of rotatable bonds is 4. The summed E-state index contributed by atoms with van der Waals surface area (Å²) in [4.78, 5) is 29.2. The average molecular weight is 396 g/mol. The molecule has 4 rings (SSSR count). The summed E-state index contributed by atoms with van der Waals surface area (Å²) in [5.74, 6) is -0.249. The van der Waals surface area contributed by atoms with Gasteiger partial charge in [0.15, 0.2) is 0 Å². The molecule has 0 saturated heterocycles. The first-order chi connectivity index (χ1) is 13.5. The highest BCUT2D eigenvalue weighted by Crippen LogP contribution is 2.26. The molecule has 0 aliphatic carbocycles. The minimum absolute atomic E-state index is 0.161. The monoisotopic (exact) mass is 395 g/mol. The van der Waals surface area contributed by atoms with Crippen molar-refractivity contribution in [2.45, 2.75) is 13.5 Å². The molecule has 8 heteroatoms. The Morgan fingerprint density at radius 1 is 1.21 bits per heavy atom. The van der Waals surface area contributed by atoms with Gasteiger partial charge in [-0.3, -0.25) is 9.20 Å². The quantitative estimate of drug-likeness (QED) is 0.490. The van der Waals surface area contributed by atoms with Crippen molar-refractivity contribution in [1.82, 2.24) is 14.5 Å². The lowest BCUT2D eigenvalue weighted by Crippen LogP contribution is -2.16. The fraction of sp³-hybridized carbons (Fsp3) is 0.100. The fourth-order valence-electron chi connectivity index (χ4n) is 2.82. The normalized spacial score (nSPS) is 10.9. The Bertz CT molecular complexity index is 1230. The van der Waals surface area contributed by atoms with E-state index < -0.39 is 5.97 Å². The van der Waals surface area contributed by atoms with Crippen molar-refractivity contribution >= 4 is 23.2 Å². The standard InChI is InChI=1S/C20H14ClN3O4/c1-12-18(19(23-28-12)13-5-3-2-4-6-13)20(26)27-11-15-9-17(25)24-10-14(21)7-8-16(24)22-15/h2-10H,11H2,1H3. The number of carbonyl (C=O) groups excluding carboxylic acids is 1. The van der Waals surface area contributed by atoms with Crippen molar-refractivity contribution in [3.05, 3.63) is 87.1 Å². The van der Waals surface area contributed by atoms with Gasteiger partial charge in [0.1, 0.15) is 29.3 Å². The van der Waals surface area contributed by atoms with E-state index in [0.29, 0.717) is 27.8 Å². The zero-order valence-corrected chi connectivity index (χ0v) is 15.5. The highest BCUT2D eigenvalue weighted by Gasteiger charge is 2.23. The average Bonchev–Trinajstić information content (AvgIpc) is 3.09. The lowest BCUT2D eigenvalue weighted by atomic mass is 10.1. The van der Waals surface area contributed by atoms with Gasteiger partial charge in [0.05, 0.1) is 10.7 Å². The number of pyridine rings is 1. The number of hydrogen-bond acceptors (Lipinski definition) is 6. The summed E-state index contributed by atoms with van der Waals surface area (Å²) >= 11 is 5.90. The molecule has 0 saturated carbocycles. The Balaban J connectivity index is 1.59. The second-order valence-corrected chi connectivity index (χ2v) is 6.50. The lowest BCUT2D eigenvalue weighted by molar-refractivity contribution is 0.0466. The van der Waals surface area contributed by atoms with E-state index in [9.17, 15) is 9.59 Å². The Morgan fingerprint density at radius 2 is 2.00 bits per heavy atom. The van der Waals surface area contributed by atoms with Gasteiger partial charge in [-0.05, 0) is 19.1 Å². The van der Waals surface area contributed by atoms with E-state index in [1.807, 2.05) is 30.3 Å². The van der Waals surface area contributed by atoms with Crippen molar-refractivity contribution < 1.29 is 14.1 Å². The van der Waals surface area contributed by atoms with E-state index in [0.717, 1.165) is 5.56 Å². The highest BCUT2D eigenvalue weighted by molar-refractivity contribution is 6.30.